The minimum absolute atomic E-state index is 0.0355. The molecule has 20 heavy (non-hydrogen) atoms. The van der Waals surface area contributed by atoms with E-state index in [1.54, 1.807) is 0 Å². The van der Waals surface area contributed by atoms with Crippen molar-refractivity contribution in [2.45, 2.75) is 18.2 Å². The molecule has 0 amide bonds. The van der Waals surface area contributed by atoms with E-state index in [-0.39, 0.29) is 34.9 Å². The molecular formula is C10H16FN3O4S2. The van der Waals surface area contributed by atoms with Crippen molar-refractivity contribution in [3.63, 3.8) is 0 Å². The largest absolute Gasteiger partial charge is 0.396 e. The molecule has 7 nitrogen and oxygen atoms in total. The number of hydrogen-bond donors (Lipinski definition) is 3. The van der Waals surface area contributed by atoms with Crippen LogP contribution in [0.1, 0.15) is 12.0 Å². The molecule has 0 aliphatic carbocycles. The summed E-state index contributed by atoms with van der Waals surface area (Å²) in [6.07, 6.45) is 0.0355. The average Bonchev–Trinajstić information content (AvgIpc) is 2.28. The number of halogens is 1. The Morgan fingerprint density at radius 3 is 2.40 bits per heavy atom. The van der Waals surface area contributed by atoms with E-state index >= 15 is 0 Å². The molecule has 5 N–H and O–H groups in total. The second-order valence-corrected chi connectivity index (χ2v) is 7.73. The van der Waals surface area contributed by atoms with Crippen LogP contribution in [0.15, 0.2) is 17.0 Å². The van der Waals surface area contributed by atoms with Crippen LogP contribution < -0.4 is 15.6 Å². The summed E-state index contributed by atoms with van der Waals surface area (Å²) in [7, 11) is -7.51. The van der Waals surface area contributed by atoms with Gasteiger partial charge in [0.05, 0.1) is 16.3 Å². The van der Waals surface area contributed by atoms with E-state index in [1.165, 1.54) is 6.92 Å². The van der Waals surface area contributed by atoms with Gasteiger partial charge in [-0.15, -0.1) is 0 Å². The zero-order valence-electron chi connectivity index (χ0n) is 10.8. The van der Waals surface area contributed by atoms with Crippen molar-refractivity contribution in [2.75, 3.05) is 18.0 Å². The molecule has 0 fully saturated rings. The summed E-state index contributed by atoms with van der Waals surface area (Å²) in [6, 6.07) is 2.04. The Morgan fingerprint density at radius 1 is 1.25 bits per heavy atom. The monoisotopic (exact) mass is 325 g/mol. The quantitative estimate of drug-likeness (QED) is 0.487. The SMILES string of the molecule is Cc1cc(F)c(N)cc1S(=O)(=O)NCCCS(N)(=O)=O. The van der Waals surface area contributed by atoms with Crippen LogP contribution in [0.4, 0.5) is 10.1 Å². The van der Waals surface area contributed by atoms with Gasteiger partial charge in [-0.2, -0.15) is 0 Å². The van der Waals surface area contributed by atoms with Crippen LogP contribution in [0.5, 0.6) is 0 Å². The number of aryl methyl sites for hydroxylation is 1. The second-order valence-electron chi connectivity index (χ2n) is 4.26. The number of nitrogens with one attached hydrogen (secondary N) is 1. The van der Waals surface area contributed by atoms with Crippen LogP contribution in [-0.2, 0) is 20.0 Å². The Hall–Kier alpha value is -1.23. The minimum Gasteiger partial charge on any atom is -0.396 e. The lowest BCUT2D eigenvalue weighted by Gasteiger charge is -2.10. The van der Waals surface area contributed by atoms with E-state index in [1.807, 2.05) is 0 Å². The van der Waals surface area contributed by atoms with Crippen LogP contribution in [0.2, 0.25) is 0 Å². The third-order valence-corrected chi connectivity index (χ3v) is 4.94. The number of anilines is 1. The smallest absolute Gasteiger partial charge is 0.240 e. The molecule has 1 aromatic rings. The molecule has 0 bridgehead atoms. The van der Waals surface area contributed by atoms with Crippen molar-refractivity contribution >= 4 is 25.7 Å². The topological polar surface area (TPSA) is 132 Å². The molecule has 1 aromatic carbocycles. The van der Waals surface area contributed by atoms with E-state index in [0.29, 0.717) is 0 Å². The van der Waals surface area contributed by atoms with Crippen molar-refractivity contribution < 1.29 is 21.2 Å². The number of benzene rings is 1. The lowest BCUT2D eigenvalue weighted by Crippen LogP contribution is -2.28. The lowest BCUT2D eigenvalue weighted by atomic mass is 10.2. The summed E-state index contributed by atoms with van der Waals surface area (Å²) in [5.41, 5.74) is 5.26. The molecule has 0 saturated carbocycles. The van der Waals surface area contributed by atoms with Gasteiger partial charge in [0.2, 0.25) is 20.0 Å². The van der Waals surface area contributed by atoms with Crippen molar-refractivity contribution in [2.24, 2.45) is 5.14 Å². The van der Waals surface area contributed by atoms with Crippen molar-refractivity contribution in [1.82, 2.24) is 4.72 Å². The van der Waals surface area contributed by atoms with Gasteiger partial charge in [0, 0.05) is 6.54 Å². The Labute approximate surface area is 117 Å². The molecule has 0 aromatic heterocycles. The minimum atomic E-state index is -3.88. The predicted octanol–water partition coefficient (Wildman–Crippen LogP) is -0.327. The highest BCUT2D eigenvalue weighted by Gasteiger charge is 2.18. The first-order valence-corrected chi connectivity index (χ1v) is 8.78. The van der Waals surface area contributed by atoms with Gasteiger partial charge >= 0.3 is 0 Å². The maximum atomic E-state index is 13.2. The number of nitrogens with two attached hydrogens (primary N) is 2. The van der Waals surface area contributed by atoms with Crippen LogP contribution in [0.25, 0.3) is 0 Å². The number of rotatable bonds is 6. The first-order chi connectivity index (χ1) is 9.03. The molecule has 0 radical (unpaired) electrons. The lowest BCUT2D eigenvalue weighted by molar-refractivity contribution is 0.575. The molecule has 0 aliphatic rings. The predicted molar refractivity (Wildman–Crippen MR) is 73.3 cm³/mol. The van der Waals surface area contributed by atoms with Crippen LogP contribution in [-0.4, -0.2) is 29.1 Å². The van der Waals surface area contributed by atoms with Crippen molar-refractivity contribution in [1.29, 1.82) is 0 Å². The zero-order valence-corrected chi connectivity index (χ0v) is 12.4. The molecule has 114 valence electrons. The number of nitrogen functional groups attached to an aromatic ring is 1. The average molecular weight is 325 g/mol. The molecule has 0 unspecified atom stereocenters. The van der Waals surface area contributed by atoms with Gasteiger partial charge in [0.15, 0.2) is 0 Å². The van der Waals surface area contributed by atoms with E-state index < -0.39 is 25.9 Å². The van der Waals surface area contributed by atoms with Crippen molar-refractivity contribution in [3.05, 3.63) is 23.5 Å². The van der Waals surface area contributed by atoms with Gasteiger partial charge in [-0.25, -0.2) is 31.1 Å². The molecule has 10 heteroatoms. The first-order valence-electron chi connectivity index (χ1n) is 5.59. The number of sulfonamides is 2. The molecule has 0 atom stereocenters. The Bertz CT molecular complexity index is 701. The van der Waals surface area contributed by atoms with Gasteiger partial charge in [0.1, 0.15) is 5.82 Å². The Balaban J connectivity index is 2.82. The second kappa shape index (κ2) is 6.04. The van der Waals surface area contributed by atoms with Crippen molar-refractivity contribution in [3.8, 4) is 0 Å². The molecule has 0 spiro atoms. The van der Waals surface area contributed by atoms with E-state index in [4.69, 9.17) is 10.9 Å². The number of primary sulfonamides is 1. The maximum absolute atomic E-state index is 13.2. The van der Waals surface area contributed by atoms with E-state index in [2.05, 4.69) is 4.72 Å². The Kier molecular flexibility index (Phi) is 5.08. The van der Waals surface area contributed by atoms with Gasteiger partial charge in [-0.05, 0) is 31.0 Å². The third-order valence-electron chi connectivity index (χ3n) is 2.48. The fraction of sp³-hybridized carbons (Fsp3) is 0.400. The fourth-order valence-corrected chi connectivity index (χ4v) is 3.40. The summed E-state index contributed by atoms with van der Waals surface area (Å²) in [6.45, 7) is 1.33. The fourth-order valence-electron chi connectivity index (χ4n) is 1.52. The highest BCUT2D eigenvalue weighted by Crippen LogP contribution is 2.21. The first kappa shape index (κ1) is 16.8. The standard InChI is InChI=1S/C10H16FN3O4S2/c1-7-5-8(11)9(12)6-10(7)20(17,18)14-3-2-4-19(13,15)16/h5-6,14H,2-4,12H2,1H3,(H2,13,15,16). The summed E-state index contributed by atoms with van der Waals surface area (Å²) in [5.74, 6) is -1.03. The molecule has 0 heterocycles. The summed E-state index contributed by atoms with van der Waals surface area (Å²) in [5, 5.41) is 4.79. The third kappa shape index (κ3) is 4.71. The van der Waals surface area contributed by atoms with Gasteiger partial charge in [-0.1, -0.05) is 0 Å². The van der Waals surface area contributed by atoms with Crippen LogP contribution in [0.3, 0.4) is 0 Å². The van der Waals surface area contributed by atoms with Crippen LogP contribution >= 0.6 is 0 Å². The molecule has 0 aliphatic heterocycles. The zero-order chi connectivity index (χ0) is 15.6. The van der Waals surface area contributed by atoms with Crippen LogP contribution in [0, 0.1) is 12.7 Å². The Morgan fingerprint density at radius 2 is 1.85 bits per heavy atom. The summed E-state index contributed by atoms with van der Waals surface area (Å²) in [4.78, 5) is -0.146. The van der Waals surface area contributed by atoms with E-state index in [9.17, 15) is 21.2 Å². The highest BCUT2D eigenvalue weighted by atomic mass is 32.2. The van der Waals surface area contributed by atoms with Gasteiger partial charge in [-0.3, -0.25) is 0 Å². The normalized spacial score (nSPS) is 12.6. The van der Waals surface area contributed by atoms with Gasteiger partial charge in [0.25, 0.3) is 0 Å². The molecule has 1 rings (SSSR count). The number of hydrogen-bond acceptors (Lipinski definition) is 5. The molecular weight excluding hydrogens is 309 g/mol. The highest BCUT2D eigenvalue weighted by molar-refractivity contribution is 7.89. The van der Waals surface area contributed by atoms with E-state index in [0.717, 1.165) is 12.1 Å². The summed E-state index contributed by atoms with van der Waals surface area (Å²) >= 11 is 0. The summed E-state index contributed by atoms with van der Waals surface area (Å²) < 4.78 is 60.7. The maximum Gasteiger partial charge on any atom is 0.240 e. The van der Waals surface area contributed by atoms with Gasteiger partial charge < -0.3 is 5.73 Å². The molecule has 0 saturated heterocycles.